The van der Waals surface area contributed by atoms with Crippen LogP contribution in [0.5, 0.6) is 0 Å². The number of amides is 1. The molecule has 0 bridgehead atoms. The number of piperidine rings is 1. The lowest BCUT2D eigenvalue weighted by atomic mass is 9.84. The van der Waals surface area contributed by atoms with E-state index in [2.05, 4.69) is 12.1 Å². The predicted molar refractivity (Wildman–Crippen MR) is 118 cm³/mol. The Morgan fingerprint density at radius 1 is 1.13 bits per heavy atom. The van der Waals surface area contributed by atoms with Gasteiger partial charge in [0.1, 0.15) is 12.1 Å². The van der Waals surface area contributed by atoms with Crippen molar-refractivity contribution in [2.45, 2.75) is 85.3 Å². The van der Waals surface area contributed by atoms with Crippen LogP contribution in [-0.2, 0) is 25.5 Å². The Kier molecular flexibility index (Phi) is 8.63. The van der Waals surface area contributed by atoms with Gasteiger partial charge in [-0.2, -0.15) is 0 Å². The maximum absolute atomic E-state index is 13.1. The number of Topliss-reactive ketones (excluding diaryl/α,β-unsaturated/α-hetero) is 1. The van der Waals surface area contributed by atoms with Crippen LogP contribution in [0.15, 0.2) is 30.3 Å². The van der Waals surface area contributed by atoms with Gasteiger partial charge in [0.05, 0.1) is 0 Å². The molecule has 2 rings (SSSR count). The average molecular weight is 416 g/mol. The zero-order valence-corrected chi connectivity index (χ0v) is 19.1. The van der Waals surface area contributed by atoms with Crippen LogP contribution in [-0.4, -0.2) is 41.3 Å². The summed E-state index contributed by atoms with van der Waals surface area (Å²) in [6, 6.07) is 9.47. The summed E-state index contributed by atoms with van der Waals surface area (Å²) in [5.41, 5.74) is 0.486. The highest BCUT2D eigenvalue weighted by Gasteiger charge is 2.41. The van der Waals surface area contributed by atoms with Crippen LogP contribution in [0.2, 0.25) is 0 Å². The number of carbonyl (C=O) groups is 3. The molecule has 30 heavy (non-hydrogen) atoms. The molecule has 0 aromatic heterocycles. The SMILES string of the molecule is CCC(C)(C)C(=O)C(=O)N1CCCC[C@H]1C(=O)O[C@H](CCc1ccccc1)C(C)C. The van der Waals surface area contributed by atoms with Crippen LogP contribution in [0.4, 0.5) is 0 Å². The Balaban J connectivity index is 2.07. The third kappa shape index (κ3) is 6.16. The normalized spacial score (nSPS) is 18.2. The van der Waals surface area contributed by atoms with Gasteiger partial charge in [-0.25, -0.2) is 4.79 Å². The van der Waals surface area contributed by atoms with Crippen molar-refractivity contribution >= 4 is 17.7 Å². The van der Waals surface area contributed by atoms with Crippen LogP contribution in [0.1, 0.15) is 72.3 Å². The highest BCUT2D eigenvalue weighted by molar-refractivity contribution is 6.38. The minimum atomic E-state index is -0.723. The second-order valence-electron chi connectivity index (χ2n) is 9.32. The van der Waals surface area contributed by atoms with Gasteiger partial charge in [0.25, 0.3) is 5.91 Å². The second kappa shape index (κ2) is 10.7. The van der Waals surface area contributed by atoms with Gasteiger partial charge < -0.3 is 9.64 Å². The maximum atomic E-state index is 13.1. The fourth-order valence-corrected chi connectivity index (χ4v) is 3.71. The molecule has 5 nitrogen and oxygen atoms in total. The van der Waals surface area contributed by atoms with Gasteiger partial charge in [-0.05, 0) is 50.0 Å². The summed E-state index contributed by atoms with van der Waals surface area (Å²) in [6.45, 7) is 9.97. The number of hydrogen-bond acceptors (Lipinski definition) is 4. The molecule has 1 saturated heterocycles. The molecule has 166 valence electrons. The molecule has 1 aliphatic rings. The molecule has 1 fully saturated rings. The van der Waals surface area contributed by atoms with Crippen molar-refractivity contribution < 1.29 is 19.1 Å². The molecule has 0 saturated carbocycles. The van der Waals surface area contributed by atoms with Crippen LogP contribution in [0, 0.1) is 11.3 Å². The molecular formula is C25H37NO4. The van der Waals surface area contributed by atoms with Crippen molar-refractivity contribution in [2.24, 2.45) is 11.3 Å². The number of ketones is 1. The van der Waals surface area contributed by atoms with Crippen molar-refractivity contribution in [1.82, 2.24) is 4.90 Å². The van der Waals surface area contributed by atoms with E-state index in [1.807, 2.05) is 39.0 Å². The molecule has 0 radical (unpaired) electrons. The van der Waals surface area contributed by atoms with Crippen LogP contribution >= 0.6 is 0 Å². The molecule has 0 spiro atoms. The second-order valence-corrected chi connectivity index (χ2v) is 9.32. The van der Waals surface area contributed by atoms with E-state index in [4.69, 9.17) is 4.74 Å². The molecule has 0 unspecified atom stereocenters. The van der Waals surface area contributed by atoms with Gasteiger partial charge in [0.15, 0.2) is 0 Å². The summed E-state index contributed by atoms with van der Waals surface area (Å²) in [5, 5.41) is 0. The Morgan fingerprint density at radius 3 is 2.40 bits per heavy atom. The van der Waals surface area contributed by atoms with E-state index in [0.29, 0.717) is 19.4 Å². The lowest BCUT2D eigenvalue weighted by Crippen LogP contribution is -2.53. The maximum Gasteiger partial charge on any atom is 0.329 e. The van der Waals surface area contributed by atoms with Crippen molar-refractivity contribution in [3.05, 3.63) is 35.9 Å². The lowest BCUT2D eigenvalue weighted by molar-refractivity contribution is -0.165. The molecule has 1 amide bonds. The first kappa shape index (κ1) is 24.1. The Bertz CT molecular complexity index is 726. The topological polar surface area (TPSA) is 63.7 Å². The molecular weight excluding hydrogens is 378 g/mol. The Morgan fingerprint density at radius 2 is 1.80 bits per heavy atom. The zero-order chi connectivity index (χ0) is 22.3. The van der Waals surface area contributed by atoms with Crippen molar-refractivity contribution in [3.63, 3.8) is 0 Å². The number of ether oxygens (including phenoxy) is 1. The highest BCUT2D eigenvalue weighted by atomic mass is 16.5. The number of esters is 1. The van der Waals surface area contributed by atoms with Crippen molar-refractivity contribution in [3.8, 4) is 0 Å². The molecule has 1 aromatic carbocycles. The van der Waals surface area contributed by atoms with E-state index in [1.165, 1.54) is 10.5 Å². The average Bonchev–Trinajstić information content (AvgIpc) is 2.75. The van der Waals surface area contributed by atoms with E-state index >= 15 is 0 Å². The van der Waals surface area contributed by atoms with E-state index in [-0.39, 0.29) is 18.0 Å². The van der Waals surface area contributed by atoms with E-state index in [0.717, 1.165) is 25.7 Å². The van der Waals surface area contributed by atoms with Gasteiger partial charge in [-0.3, -0.25) is 9.59 Å². The predicted octanol–water partition coefficient (Wildman–Crippen LogP) is 4.57. The number of hydrogen-bond donors (Lipinski definition) is 0. The number of likely N-dealkylation sites (tertiary alicyclic amines) is 1. The van der Waals surface area contributed by atoms with Crippen LogP contribution < -0.4 is 0 Å². The Labute approximate surface area is 181 Å². The molecule has 1 aliphatic heterocycles. The van der Waals surface area contributed by atoms with Gasteiger partial charge in [0.2, 0.25) is 5.78 Å². The van der Waals surface area contributed by atoms with E-state index in [1.54, 1.807) is 13.8 Å². The first-order chi connectivity index (χ1) is 14.2. The molecule has 0 N–H and O–H groups in total. The number of carbonyl (C=O) groups excluding carboxylic acids is 3. The highest BCUT2D eigenvalue weighted by Crippen LogP contribution is 2.26. The van der Waals surface area contributed by atoms with Crippen molar-refractivity contribution in [2.75, 3.05) is 6.54 Å². The Hall–Kier alpha value is -2.17. The van der Waals surface area contributed by atoms with Crippen molar-refractivity contribution in [1.29, 1.82) is 0 Å². The molecule has 2 atom stereocenters. The molecule has 1 heterocycles. The number of nitrogens with zero attached hydrogens (tertiary/aromatic N) is 1. The van der Waals surface area contributed by atoms with E-state index in [9.17, 15) is 14.4 Å². The molecule has 1 aromatic rings. The van der Waals surface area contributed by atoms with Crippen LogP contribution in [0.3, 0.4) is 0 Å². The van der Waals surface area contributed by atoms with E-state index < -0.39 is 23.1 Å². The minimum Gasteiger partial charge on any atom is -0.461 e. The third-order valence-corrected chi connectivity index (χ3v) is 6.30. The largest absolute Gasteiger partial charge is 0.461 e. The number of benzene rings is 1. The summed E-state index contributed by atoms with van der Waals surface area (Å²) in [4.78, 5) is 40.1. The van der Waals surface area contributed by atoms with Gasteiger partial charge in [0, 0.05) is 12.0 Å². The van der Waals surface area contributed by atoms with Crippen LogP contribution in [0.25, 0.3) is 0 Å². The zero-order valence-electron chi connectivity index (χ0n) is 19.1. The molecule has 0 aliphatic carbocycles. The third-order valence-electron chi connectivity index (χ3n) is 6.30. The van der Waals surface area contributed by atoms with Gasteiger partial charge in [-0.15, -0.1) is 0 Å². The number of rotatable bonds is 9. The first-order valence-electron chi connectivity index (χ1n) is 11.3. The summed E-state index contributed by atoms with van der Waals surface area (Å²) in [7, 11) is 0. The summed E-state index contributed by atoms with van der Waals surface area (Å²) in [5.74, 6) is -1.17. The first-order valence-corrected chi connectivity index (χ1v) is 11.3. The van der Waals surface area contributed by atoms with Gasteiger partial charge in [-0.1, -0.05) is 65.0 Å². The summed E-state index contributed by atoms with van der Waals surface area (Å²) >= 11 is 0. The quantitative estimate of drug-likeness (QED) is 0.438. The smallest absolute Gasteiger partial charge is 0.329 e. The monoisotopic (exact) mass is 415 g/mol. The van der Waals surface area contributed by atoms with Gasteiger partial charge >= 0.3 is 5.97 Å². The summed E-state index contributed by atoms with van der Waals surface area (Å²) < 4.78 is 5.90. The molecule has 5 heteroatoms. The standard InChI is InChI=1S/C25H37NO4/c1-6-25(4,5)22(27)23(28)26-17-11-10-14-20(26)24(29)30-21(18(2)3)16-15-19-12-8-7-9-13-19/h7-9,12-13,18,20-21H,6,10-11,14-17H2,1-5H3/t20-,21+/m0/s1. The minimum absolute atomic E-state index is 0.172. The lowest BCUT2D eigenvalue weighted by Gasteiger charge is -2.36. The summed E-state index contributed by atoms with van der Waals surface area (Å²) in [6.07, 6.45) is 4.12. The fraction of sp³-hybridized carbons (Fsp3) is 0.640. The number of aryl methyl sites for hydroxylation is 1. The fourth-order valence-electron chi connectivity index (χ4n) is 3.71.